The summed E-state index contributed by atoms with van der Waals surface area (Å²) in [6.45, 7) is 5.92. The molecule has 0 bridgehead atoms. The first kappa shape index (κ1) is 29.0. The number of hydrogen-bond acceptors (Lipinski definition) is 4. The van der Waals surface area contributed by atoms with Gasteiger partial charge in [0.25, 0.3) is 0 Å². The fourth-order valence-electron chi connectivity index (χ4n) is 4.00. The summed E-state index contributed by atoms with van der Waals surface area (Å²) < 4.78 is 0. The summed E-state index contributed by atoms with van der Waals surface area (Å²) >= 11 is 0. The zero-order valence-corrected chi connectivity index (χ0v) is 19.9. The predicted molar refractivity (Wildman–Crippen MR) is 133 cm³/mol. The lowest BCUT2D eigenvalue weighted by Gasteiger charge is -2.29. The quantitative estimate of drug-likeness (QED) is 0.471. The van der Waals surface area contributed by atoms with Crippen molar-refractivity contribution in [2.45, 2.75) is 64.1 Å². The number of carboxylic acid groups (broad SMARTS) is 2. The summed E-state index contributed by atoms with van der Waals surface area (Å²) in [7, 11) is 0. The normalized spacial score (nSPS) is 14.5. The Morgan fingerprint density at radius 2 is 1.47 bits per heavy atom. The molecule has 0 radical (unpaired) electrons. The molecule has 2 aromatic rings. The van der Waals surface area contributed by atoms with Gasteiger partial charge in [-0.3, -0.25) is 4.90 Å². The molecular weight excluding hydrogens is 434 g/mol. The van der Waals surface area contributed by atoms with Crippen LogP contribution in [0.1, 0.15) is 68.2 Å². The molecule has 7 heteroatoms. The summed E-state index contributed by atoms with van der Waals surface area (Å²) in [5.74, 6) is -1.78. The Kier molecular flexibility index (Phi) is 12.8. The Balaban J connectivity index is 0.000000556. The molecule has 0 heterocycles. The molecule has 3 rings (SSSR count). The highest BCUT2D eigenvalue weighted by Crippen LogP contribution is 2.34. The van der Waals surface area contributed by atoms with E-state index in [9.17, 15) is 14.7 Å². The van der Waals surface area contributed by atoms with Crippen molar-refractivity contribution in [3.05, 3.63) is 83.4 Å². The molecule has 1 aliphatic carbocycles. The molecule has 0 spiro atoms. The zero-order valence-electron chi connectivity index (χ0n) is 19.9. The van der Waals surface area contributed by atoms with Gasteiger partial charge >= 0.3 is 11.9 Å². The van der Waals surface area contributed by atoms with E-state index in [2.05, 4.69) is 67.3 Å². The van der Waals surface area contributed by atoms with Crippen molar-refractivity contribution in [2.24, 2.45) is 0 Å². The first-order chi connectivity index (χ1) is 15.8. The van der Waals surface area contributed by atoms with Crippen molar-refractivity contribution >= 4 is 11.9 Å². The van der Waals surface area contributed by atoms with Gasteiger partial charge < -0.3 is 20.8 Å². The van der Waals surface area contributed by atoms with Gasteiger partial charge in [-0.25, -0.2) is 9.59 Å². The van der Waals surface area contributed by atoms with E-state index in [0.717, 1.165) is 18.0 Å². The molecule has 7 nitrogen and oxygen atoms in total. The Morgan fingerprint density at radius 3 is 1.94 bits per heavy atom. The Hall–Kier alpha value is -3.00. The van der Waals surface area contributed by atoms with Crippen molar-refractivity contribution in [1.29, 1.82) is 0 Å². The maximum Gasteiger partial charge on any atom is 0.328 e. The van der Waals surface area contributed by atoms with Gasteiger partial charge in [0.1, 0.15) is 0 Å². The summed E-state index contributed by atoms with van der Waals surface area (Å²) in [5.41, 5.74) is 3.76. The molecule has 34 heavy (non-hydrogen) atoms. The van der Waals surface area contributed by atoms with Gasteiger partial charge in [0.2, 0.25) is 0 Å². The molecule has 0 saturated heterocycles. The average Bonchev–Trinajstić information content (AvgIpc) is 3.33. The Morgan fingerprint density at radius 1 is 0.941 bits per heavy atom. The number of benzene rings is 2. The number of aliphatic hydroxyl groups excluding tert-OH is 1. The maximum atomic E-state index is 10.7. The predicted octanol–water partition coefficient (Wildman–Crippen LogP) is 4.18. The van der Waals surface area contributed by atoms with Gasteiger partial charge in [0.05, 0.1) is 6.10 Å². The van der Waals surface area contributed by atoms with E-state index >= 15 is 0 Å². The minimum atomic E-state index is -1.26. The summed E-state index contributed by atoms with van der Waals surface area (Å²) in [6, 6.07) is 19.6. The van der Waals surface area contributed by atoms with E-state index < -0.39 is 18.0 Å². The highest BCUT2D eigenvalue weighted by molar-refractivity contribution is 5.89. The monoisotopic (exact) mass is 471 g/mol. The van der Waals surface area contributed by atoms with Crippen LogP contribution in [-0.2, 0) is 16.1 Å². The molecule has 1 unspecified atom stereocenters. The van der Waals surface area contributed by atoms with Gasteiger partial charge in [-0.15, -0.1) is 0 Å². The van der Waals surface area contributed by atoms with Crippen LogP contribution in [0, 0.1) is 0 Å². The minimum absolute atomic E-state index is 0. The van der Waals surface area contributed by atoms with E-state index in [-0.39, 0.29) is 5.48 Å². The molecular formula is C27H37NO6. The lowest BCUT2D eigenvalue weighted by Crippen LogP contribution is -2.34. The topological polar surface area (TPSA) is 130 Å². The second-order valence-corrected chi connectivity index (χ2v) is 8.68. The number of carbonyl (C=O) groups is 2. The van der Waals surface area contributed by atoms with Crippen molar-refractivity contribution in [2.75, 3.05) is 6.54 Å². The number of aliphatic carboxylic acids is 2. The van der Waals surface area contributed by atoms with Crippen LogP contribution in [0.25, 0.3) is 0 Å². The van der Waals surface area contributed by atoms with Gasteiger partial charge in [-0.1, -0.05) is 67.4 Å². The Bertz CT molecular complexity index is 873. The van der Waals surface area contributed by atoms with Crippen LogP contribution < -0.4 is 0 Å². The second-order valence-electron chi connectivity index (χ2n) is 8.68. The third-order valence-electron chi connectivity index (χ3n) is 5.88. The zero-order chi connectivity index (χ0) is 24.2. The first-order valence-electron chi connectivity index (χ1n) is 11.5. The van der Waals surface area contributed by atoms with Crippen LogP contribution in [0.15, 0.2) is 66.7 Å². The van der Waals surface area contributed by atoms with E-state index in [1.807, 2.05) is 6.07 Å². The number of nitrogens with zero attached hydrogens (tertiary/aromatic N) is 1. The van der Waals surface area contributed by atoms with Crippen LogP contribution >= 0.6 is 0 Å². The van der Waals surface area contributed by atoms with Crippen molar-refractivity contribution in [3.63, 3.8) is 0 Å². The van der Waals surface area contributed by atoms with Crippen LogP contribution in [0.5, 0.6) is 0 Å². The Labute approximate surface area is 201 Å². The average molecular weight is 472 g/mol. The summed E-state index contributed by atoms with van der Waals surface area (Å²) in [5, 5.41) is 26.4. The highest BCUT2D eigenvalue weighted by Gasteiger charge is 2.19. The van der Waals surface area contributed by atoms with E-state index in [4.69, 9.17) is 10.2 Å². The van der Waals surface area contributed by atoms with E-state index in [0.29, 0.717) is 24.7 Å². The second kappa shape index (κ2) is 15.0. The molecule has 1 aliphatic rings. The summed E-state index contributed by atoms with van der Waals surface area (Å²) in [6.07, 6.45) is 6.03. The molecule has 0 aliphatic heterocycles. The van der Waals surface area contributed by atoms with Crippen molar-refractivity contribution in [1.82, 2.24) is 4.90 Å². The lowest BCUT2D eigenvalue weighted by atomic mass is 9.95. The van der Waals surface area contributed by atoms with E-state index in [1.54, 1.807) is 0 Å². The minimum Gasteiger partial charge on any atom is -0.478 e. The molecule has 0 amide bonds. The third-order valence-corrected chi connectivity index (χ3v) is 5.88. The molecule has 186 valence electrons. The van der Waals surface area contributed by atoms with Gasteiger partial charge in [-0.2, -0.15) is 0 Å². The number of aliphatic hydroxyl groups is 1. The van der Waals surface area contributed by atoms with E-state index in [1.165, 1.54) is 36.8 Å². The number of rotatable bonds is 9. The van der Waals surface area contributed by atoms with Crippen LogP contribution in [0.2, 0.25) is 0 Å². The first-order valence-corrected chi connectivity index (χ1v) is 11.5. The van der Waals surface area contributed by atoms with Gasteiger partial charge in [-0.05, 0) is 49.3 Å². The highest BCUT2D eigenvalue weighted by atomic mass is 16.4. The fourth-order valence-corrected chi connectivity index (χ4v) is 4.00. The van der Waals surface area contributed by atoms with Crippen LogP contribution in [-0.4, -0.2) is 50.2 Å². The number of hydrogen-bond donors (Lipinski definition) is 3. The molecule has 0 aromatic heterocycles. The maximum absolute atomic E-state index is 10.7. The lowest BCUT2D eigenvalue weighted by molar-refractivity contribution is -0.134. The van der Waals surface area contributed by atoms with Gasteiger partial charge in [0, 0.05) is 31.3 Å². The van der Waals surface area contributed by atoms with Gasteiger partial charge in [0.15, 0.2) is 0 Å². The largest absolute Gasteiger partial charge is 0.478 e. The molecule has 1 atom stereocenters. The number of carboxylic acids is 2. The van der Waals surface area contributed by atoms with Crippen LogP contribution in [0.4, 0.5) is 0 Å². The molecule has 5 N–H and O–H groups in total. The fraction of sp³-hybridized carbons (Fsp3) is 0.407. The summed E-state index contributed by atoms with van der Waals surface area (Å²) in [4.78, 5) is 21.4. The van der Waals surface area contributed by atoms with Crippen molar-refractivity contribution in [3.8, 4) is 0 Å². The molecule has 1 saturated carbocycles. The smallest absolute Gasteiger partial charge is 0.328 e. The van der Waals surface area contributed by atoms with Crippen LogP contribution in [0.3, 0.4) is 0 Å². The van der Waals surface area contributed by atoms with Crippen molar-refractivity contribution < 1.29 is 30.4 Å². The molecule has 1 fully saturated rings. The standard InChI is InChI=1S/C23H31NO.C4H4O4.H2O/c1-18(2)24(16-19-8-4-3-5-9-19)17-23(25)22-14-12-21(13-15-22)20-10-6-7-11-20;5-3(6)1-2-4(7)8;/h3-5,8-9,12-15,18,20,23,25H,6-7,10-11,16-17H2,1-2H3;1-2H,(H,5,6)(H,7,8);1H2/b;2-1+;. The SMILES string of the molecule is CC(C)N(Cc1ccccc1)CC(O)c1ccc(C2CCCC2)cc1.O.O=C(O)/C=C/C(=O)O. The molecule has 2 aromatic carbocycles. The third kappa shape index (κ3) is 10.3.